The molecule has 5 heteroatoms. The van der Waals surface area contributed by atoms with Crippen LogP contribution in [-0.4, -0.2) is 25.3 Å². The summed E-state index contributed by atoms with van der Waals surface area (Å²) in [6, 6.07) is 2.34. The Kier molecular flexibility index (Phi) is 4.55. The van der Waals surface area contributed by atoms with Gasteiger partial charge in [0.1, 0.15) is 6.04 Å². The lowest BCUT2D eigenvalue weighted by atomic mass is 9.92. The highest BCUT2D eigenvalue weighted by molar-refractivity contribution is 5.76. The highest BCUT2D eigenvalue weighted by atomic mass is 16.5. The summed E-state index contributed by atoms with van der Waals surface area (Å²) in [5.74, 6) is 0.130. The van der Waals surface area contributed by atoms with Crippen molar-refractivity contribution in [2.45, 2.75) is 25.8 Å². The second-order valence-electron chi connectivity index (χ2n) is 4.31. The van der Waals surface area contributed by atoms with Gasteiger partial charge >= 0.3 is 5.97 Å². The fourth-order valence-electron chi connectivity index (χ4n) is 1.81. The average Bonchev–Trinajstić information content (AvgIpc) is 2.35. The lowest BCUT2D eigenvalue weighted by molar-refractivity contribution is -0.138. The molecule has 0 aliphatic heterocycles. The Labute approximate surface area is 107 Å². The number of methoxy groups -OCH3 is 2. The SMILES string of the molecule is COc1cc(C(C)C)c(C(N)C(=O)O)cc1OC. The zero-order valence-electron chi connectivity index (χ0n) is 11.1. The monoisotopic (exact) mass is 253 g/mol. The molecule has 0 fully saturated rings. The number of aliphatic carboxylic acids is 1. The van der Waals surface area contributed by atoms with Crippen molar-refractivity contribution >= 4 is 5.97 Å². The molecule has 0 radical (unpaired) electrons. The number of carbonyl (C=O) groups is 1. The minimum Gasteiger partial charge on any atom is -0.493 e. The second-order valence-corrected chi connectivity index (χ2v) is 4.31. The van der Waals surface area contributed by atoms with Gasteiger partial charge in [-0.25, -0.2) is 0 Å². The smallest absolute Gasteiger partial charge is 0.325 e. The van der Waals surface area contributed by atoms with Gasteiger partial charge < -0.3 is 20.3 Å². The maximum atomic E-state index is 11.0. The number of benzene rings is 1. The van der Waals surface area contributed by atoms with E-state index in [-0.39, 0.29) is 5.92 Å². The summed E-state index contributed by atoms with van der Waals surface area (Å²) in [6.07, 6.45) is 0. The highest BCUT2D eigenvalue weighted by Gasteiger charge is 2.22. The summed E-state index contributed by atoms with van der Waals surface area (Å²) in [6.45, 7) is 3.94. The molecular weight excluding hydrogens is 234 g/mol. The van der Waals surface area contributed by atoms with E-state index < -0.39 is 12.0 Å². The van der Waals surface area contributed by atoms with E-state index in [9.17, 15) is 4.79 Å². The van der Waals surface area contributed by atoms with Gasteiger partial charge in [0.15, 0.2) is 11.5 Å². The number of rotatable bonds is 5. The first kappa shape index (κ1) is 14.3. The molecule has 0 aliphatic rings. The first-order valence-electron chi connectivity index (χ1n) is 5.66. The number of hydrogen-bond acceptors (Lipinski definition) is 4. The normalized spacial score (nSPS) is 12.3. The zero-order chi connectivity index (χ0) is 13.9. The number of carboxylic acid groups (broad SMARTS) is 1. The molecule has 0 aromatic heterocycles. The van der Waals surface area contributed by atoms with E-state index in [1.807, 2.05) is 13.8 Å². The molecule has 0 saturated heterocycles. The molecule has 5 nitrogen and oxygen atoms in total. The lowest BCUT2D eigenvalue weighted by Crippen LogP contribution is -2.22. The minimum atomic E-state index is -1.07. The van der Waals surface area contributed by atoms with Gasteiger partial charge in [0, 0.05) is 0 Å². The van der Waals surface area contributed by atoms with Gasteiger partial charge in [-0.05, 0) is 29.2 Å². The first-order chi connectivity index (χ1) is 8.42. The van der Waals surface area contributed by atoms with E-state index in [4.69, 9.17) is 20.3 Å². The first-order valence-corrected chi connectivity index (χ1v) is 5.66. The number of ether oxygens (including phenoxy) is 2. The van der Waals surface area contributed by atoms with Crippen LogP contribution in [0, 0.1) is 0 Å². The second kappa shape index (κ2) is 5.73. The van der Waals surface area contributed by atoms with Crippen molar-refractivity contribution in [1.82, 2.24) is 0 Å². The molecule has 1 atom stereocenters. The molecule has 0 saturated carbocycles. The Hall–Kier alpha value is -1.75. The molecule has 1 rings (SSSR count). The van der Waals surface area contributed by atoms with Crippen LogP contribution in [0.25, 0.3) is 0 Å². The Balaban J connectivity index is 3.42. The largest absolute Gasteiger partial charge is 0.493 e. The summed E-state index contributed by atoms with van der Waals surface area (Å²) in [4.78, 5) is 11.0. The fraction of sp³-hybridized carbons (Fsp3) is 0.462. The van der Waals surface area contributed by atoms with E-state index in [0.29, 0.717) is 17.1 Å². The molecule has 1 unspecified atom stereocenters. The summed E-state index contributed by atoms with van der Waals surface area (Å²) in [5, 5.41) is 9.03. The molecule has 3 N–H and O–H groups in total. The highest BCUT2D eigenvalue weighted by Crippen LogP contribution is 2.35. The van der Waals surface area contributed by atoms with Crippen molar-refractivity contribution in [2.75, 3.05) is 14.2 Å². The van der Waals surface area contributed by atoms with Crippen molar-refractivity contribution in [3.05, 3.63) is 23.3 Å². The van der Waals surface area contributed by atoms with Gasteiger partial charge in [-0.2, -0.15) is 0 Å². The molecular formula is C13H19NO4. The van der Waals surface area contributed by atoms with Gasteiger partial charge in [0.05, 0.1) is 14.2 Å². The molecule has 0 heterocycles. The maximum Gasteiger partial charge on any atom is 0.325 e. The number of carboxylic acids is 1. The summed E-state index contributed by atoms with van der Waals surface area (Å²) in [7, 11) is 3.04. The van der Waals surface area contributed by atoms with Crippen molar-refractivity contribution in [3.63, 3.8) is 0 Å². The number of nitrogens with two attached hydrogens (primary N) is 1. The van der Waals surface area contributed by atoms with Gasteiger partial charge in [-0.3, -0.25) is 4.79 Å². The maximum absolute atomic E-state index is 11.0. The topological polar surface area (TPSA) is 81.8 Å². The van der Waals surface area contributed by atoms with Crippen LogP contribution < -0.4 is 15.2 Å². The average molecular weight is 253 g/mol. The summed E-state index contributed by atoms with van der Waals surface area (Å²) in [5.41, 5.74) is 7.10. The molecule has 18 heavy (non-hydrogen) atoms. The van der Waals surface area contributed by atoms with Crippen LogP contribution in [0.5, 0.6) is 11.5 Å². The summed E-state index contributed by atoms with van der Waals surface area (Å²) < 4.78 is 10.4. The molecule has 1 aromatic rings. The molecule has 1 aromatic carbocycles. The van der Waals surface area contributed by atoms with E-state index in [1.165, 1.54) is 7.11 Å². The van der Waals surface area contributed by atoms with Gasteiger partial charge in [0.2, 0.25) is 0 Å². The Morgan fingerprint density at radius 2 is 1.61 bits per heavy atom. The van der Waals surface area contributed by atoms with Crippen LogP contribution >= 0.6 is 0 Å². The molecule has 0 aliphatic carbocycles. The Morgan fingerprint density at radius 1 is 1.17 bits per heavy atom. The van der Waals surface area contributed by atoms with Crippen molar-refractivity contribution < 1.29 is 19.4 Å². The van der Waals surface area contributed by atoms with Crippen LogP contribution in [0.2, 0.25) is 0 Å². The Bertz CT molecular complexity index is 443. The van der Waals surface area contributed by atoms with E-state index in [0.717, 1.165) is 5.56 Å². The quantitative estimate of drug-likeness (QED) is 0.837. The van der Waals surface area contributed by atoms with E-state index in [1.54, 1.807) is 19.2 Å². The predicted molar refractivity (Wildman–Crippen MR) is 68.2 cm³/mol. The summed E-state index contributed by atoms with van der Waals surface area (Å²) >= 11 is 0. The minimum absolute atomic E-state index is 0.144. The van der Waals surface area contributed by atoms with Crippen LogP contribution in [0.3, 0.4) is 0 Å². The third-order valence-electron chi connectivity index (χ3n) is 2.81. The van der Waals surface area contributed by atoms with Crippen molar-refractivity contribution in [3.8, 4) is 11.5 Å². The van der Waals surface area contributed by atoms with E-state index >= 15 is 0 Å². The van der Waals surface area contributed by atoms with Crippen LogP contribution in [-0.2, 0) is 4.79 Å². The predicted octanol–water partition coefficient (Wildman–Crippen LogP) is 1.91. The number of hydrogen-bond donors (Lipinski definition) is 2. The third kappa shape index (κ3) is 2.73. The Morgan fingerprint density at radius 3 is 1.94 bits per heavy atom. The fourth-order valence-corrected chi connectivity index (χ4v) is 1.81. The van der Waals surface area contributed by atoms with Gasteiger partial charge in [-0.15, -0.1) is 0 Å². The third-order valence-corrected chi connectivity index (χ3v) is 2.81. The molecule has 0 bridgehead atoms. The van der Waals surface area contributed by atoms with Crippen LogP contribution in [0.4, 0.5) is 0 Å². The van der Waals surface area contributed by atoms with Crippen LogP contribution in [0.1, 0.15) is 36.9 Å². The lowest BCUT2D eigenvalue weighted by Gasteiger charge is -2.19. The van der Waals surface area contributed by atoms with Gasteiger partial charge in [0.25, 0.3) is 0 Å². The standard InChI is InChI=1S/C13H19NO4/c1-7(2)8-5-10(17-3)11(18-4)6-9(8)12(14)13(15)16/h5-7,12H,14H2,1-4H3,(H,15,16). The molecule has 0 amide bonds. The van der Waals surface area contributed by atoms with Crippen LogP contribution in [0.15, 0.2) is 12.1 Å². The molecule has 100 valence electrons. The molecule has 0 spiro atoms. The van der Waals surface area contributed by atoms with Crippen molar-refractivity contribution in [1.29, 1.82) is 0 Å². The van der Waals surface area contributed by atoms with E-state index in [2.05, 4.69) is 0 Å². The van der Waals surface area contributed by atoms with Crippen molar-refractivity contribution in [2.24, 2.45) is 5.73 Å². The zero-order valence-corrected chi connectivity index (χ0v) is 11.1. The van der Waals surface area contributed by atoms with Gasteiger partial charge in [-0.1, -0.05) is 13.8 Å².